The Bertz CT molecular complexity index is 425. The third kappa shape index (κ3) is 3.37. The fraction of sp³-hybridized carbons (Fsp3) is 0.462. The maximum absolute atomic E-state index is 12.0. The maximum Gasteiger partial charge on any atom is 0.318 e. The zero-order valence-electron chi connectivity index (χ0n) is 10.4. The molecule has 98 valence electrons. The van der Waals surface area contributed by atoms with Gasteiger partial charge in [0.15, 0.2) is 0 Å². The summed E-state index contributed by atoms with van der Waals surface area (Å²) in [5.74, 6) is 0. The molecule has 1 aromatic carbocycles. The molecule has 1 saturated heterocycles. The average molecular weight is 269 g/mol. The van der Waals surface area contributed by atoms with Gasteiger partial charge in [-0.3, -0.25) is 0 Å². The van der Waals surface area contributed by atoms with E-state index < -0.39 is 0 Å². The smallest absolute Gasteiger partial charge is 0.318 e. The highest BCUT2D eigenvalue weighted by Crippen LogP contribution is 2.11. The second-order valence-corrected chi connectivity index (χ2v) is 4.84. The number of benzene rings is 1. The molecule has 1 unspecified atom stereocenters. The predicted molar refractivity (Wildman–Crippen MR) is 70.7 cm³/mol. The molecule has 1 fully saturated rings. The van der Waals surface area contributed by atoms with E-state index >= 15 is 0 Å². The summed E-state index contributed by atoms with van der Waals surface area (Å²) in [6.45, 7) is 4.32. The van der Waals surface area contributed by atoms with Crippen LogP contribution in [0.3, 0.4) is 0 Å². The third-order valence-electron chi connectivity index (χ3n) is 2.96. The van der Waals surface area contributed by atoms with Crippen LogP contribution in [-0.2, 0) is 11.3 Å². The minimum atomic E-state index is -0.0502. The molecule has 2 amide bonds. The number of hydrogen-bond acceptors (Lipinski definition) is 2. The Morgan fingerprint density at radius 2 is 2.44 bits per heavy atom. The summed E-state index contributed by atoms with van der Waals surface area (Å²) < 4.78 is 5.30. The van der Waals surface area contributed by atoms with Gasteiger partial charge in [-0.15, -0.1) is 0 Å². The van der Waals surface area contributed by atoms with Crippen molar-refractivity contribution in [2.24, 2.45) is 0 Å². The van der Waals surface area contributed by atoms with Crippen molar-refractivity contribution in [2.75, 3.05) is 19.8 Å². The number of urea groups is 1. The number of rotatable bonds is 2. The van der Waals surface area contributed by atoms with E-state index in [0.29, 0.717) is 31.3 Å². The number of hydrogen-bond donors (Lipinski definition) is 1. The zero-order chi connectivity index (χ0) is 13.0. The fourth-order valence-electron chi connectivity index (χ4n) is 1.96. The molecule has 5 heteroatoms. The summed E-state index contributed by atoms with van der Waals surface area (Å²) in [7, 11) is 0. The highest BCUT2D eigenvalue weighted by Gasteiger charge is 2.23. The number of carbonyl (C=O) groups excluding carboxylic acids is 1. The molecule has 0 aliphatic carbocycles. The number of halogens is 1. The third-order valence-corrected chi connectivity index (χ3v) is 3.20. The molecular weight excluding hydrogens is 252 g/mol. The summed E-state index contributed by atoms with van der Waals surface area (Å²) in [6, 6.07) is 7.56. The molecule has 2 rings (SSSR count). The maximum atomic E-state index is 12.0. The molecule has 0 saturated carbocycles. The Kier molecular flexibility index (Phi) is 4.44. The topological polar surface area (TPSA) is 41.6 Å². The van der Waals surface area contributed by atoms with Crippen LogP contribution in [0.4, 0.5) is 4.79 Å². The first-order valence-electron chi connectivity index (χ1n) is 6.03. The summed E-state index contributed by atoms with van der Waals surface area (Å²) in [5.41, 5.74) is 0.997. The number of ether oxygens (including phenoxy) is 1. The van der Waals surface area contributed by atoms with E-state index in [-0.39, 0.29) is 12.1 Å². The van der Waals surface area contributed by atoms with E-state index in [9.17, 15) is 4.79 Å². The first kappa shape index (κ1) is 13.2. The Labute approximate surface area is 112 Å². The summed E-state index contributed by atoms with van der Waals surface area (Å²) in [6.07, 6.45) is 0. The molecular formula is C13H17ClN2O2. The zero-order valence-corrected chi connectivity index (χ0v) is 11.1. The lowest BCUT2D eigenvalue weighted by Crippen LogP contribution is -2.51. The fourth-order valence-corrected chi connectivity index (χ4v) is 2.17. The van der Waals surface area contributed by atoms with Crippen molar-refractivity contribution in [3.8, 4) is 0 Å². The van der Waals surface area contributed by atoms with Gasteiger partial charge in [-0.05, 0) is 24.6 Å². The number of morpholine rings is 1. The van der Waals surface area contributed by atoms with Crippen LogP contribution >= 0.6 is 11.6 Å². The first-order chi connectivity index (χ1) is 8.66. The average Bonchev–Trinajstić information content (AvgIpc) is 2.37. The van der Waals surface area contributed by atoms with Crippen LogP contribution in [0.1, 0.15) is 12.5 Å². The van der Waals surface area contributed by atoms with Crippen molar-refractivity contribution in [1.82, 2.24) is 10.2 Å². The van der Waals surface area contributed by atoms with Crippen LogP contribution in [0, 0.1) is 0 Å². The van der Waals surface area contributed by atoms with Crippen molar-refractivity contribution in [1.29, 1.82) is 0 Å². The lowest BCUT2D eigenvalue weighted by Gasteiger charge is -2.33. The van der Waals surface area contributed by atoms with Gasteiger partial charge in [0.05, 0.1) is 19.3 Å². The highest BCUT2D eigenvalue weighted by molar-refractivity contribution is 6.30. The van der Waals surface area contributed by atoms with Gasteiger partial charge in [0, 0.05) is 18.1 Å². The van der Waals surface area contributed by atoms with Crippen LogP contribution in [0.5, 0.6) is 0 Å². The highest BCUT2D eigenvalue weighted by atomic mass is 35.5. The molecule has 0 spiro atoms. The van der Waals surface area contributed by atoms with Gasteiger partial charge >= 0.3 is 6.03 Å². The largest absolute Gasteiger partial charge is 0.377 e. The van der Waals surface area contributed by atoms with Crippen molar-refractivity contribution in [3.05, 3.63) is 34.9 Å². The van der Waals surface area contributed by atoms with Gasteiger partial charge in [0.1, 0.15) is 0 Å². The van der Waals surface area contributed by atoms with Gasteiger partial charge in [-0.25, -0.2) is 4.79 Å². The molecule has 1 aliphatic rings. The normalized spacial score (nSPS) is 19.7. The monoisotopic (exact) mass is 268 g/mol. The number of nitrogens with one attached hydrogen (secondary N) is 1. The molecule has 4 nitrogen and oxygen atoms in total. The summed E-state index contributed by atoms with van der Waals surface area (Å²) in [5, 5.41) is 3.58. The Morgan fingerprint density at radius 1 is 1.61 bits per heavy atom. The van der Waals surface area contributed by atoms with E-state index in [4.69, 9.17) is 16.3 Å². The van der Waals surface area contributed by atoms with Crippen LogP contribution in [-0.4, -0.2) is 36.7 Å². The molecule has 1 atom stereocenters. The molecule has 1 aromatic rings. The van der Waals surface area contributed by atoms with Crippen molar-refractivity contribution < 1.29 is 9.53 Å². The second-order valence-electron chi connectivity index (χ2n) is 4.41. The van der Waals surface area contributed by atoms with E-state index in [1.165, 1.54) is 0 Å². The Hall–Kier alpha value is -1.26. The van der Waals surface area contributed by atoms with Gasteiger partial charge in [-0.1, -0.05) is 23.7 Å². The van der Waals surface area contributed by atoms with Gasteiger partial charge in [-0.2, -0.15) is 0 Å². The quantitative estimate of drug-likeness (QED) is 0.894. The molecule has 1 aliphatic heterocycles. The van der Waals surface area contributed by atoms with Crippen molar-refractivity contribution in [2.45, 2.75) is 19.5 Å². The molecule has 0 bridgehead atoms. The van der Waals surface area contributed by atoms with E-state index in [1.807, 2.05) is 31.2 Å². The Balaban J connectivity index is 1.88. The van der Waals surface area contributed by atoms with Crippen LogP contribution < -0.4 is 5.32 Å². The van der Waals surface area contributed by atoms with Crippen LogP contribution in [0.15, 0.2) is 24.3 Å². The minimum absolute atomic E-state index is 0.0502. The minimum Gasteiger partial charge on any atom is -0.377 e. The molecule has 0 aromatic heterocycles. The number of carbonyl (C=O) groups is 1. The summed E-state index contributed by atoms with van der Waals surface area (Å²) in [4.78, 5) is 13.8. The van der Waals surface area contributed by atoms with Crippen molar-refractivity contribution in [3.63, 3.8) is 0 Å². The van der Waals surface area contributed by atoms with E-state index in [2.05, 4.69) is 5.32 Å². The lowest BCUT2D eigenvalue weighted by atomic mass is 10.2. The van der Waals surface area contributed by atoms with Crippen LogP contribution in [0.25, 0.3) is 0 Å². The van der Waals surface area contributed by atoms with Gasteiger partial charge < -0.3 is 15.0 Å². The number of amides is 2. The van der Waals surface area contributed by atoms with Gasteiger partial charge in [0.25, 0.3) is 0 Å². The molecule has 1 heterocycles. The molecule has 18 heavy (non-hydrogen) atoms. The van der Waals surface area contributed by atoms with E-state index in [0.717, 1.165) is 5.56 Å². The van der Waals surface area contributed by atoms with Crippen LogP contribution in [0.2, 0.25) is 5.02 Å². The SMILES string of the molecule is CC1COCCN1C(=O)NCc1cccc(Cl)c1. The lowest BCUT2D eigenvalue weighted by molar-refractivity contribution is 0.0190. The molecule has 0 radical (unpaired) electrons. The Morgan fingerprint density at radius 3 is 3.17 bits per heavy atom. The van der Waals surface area contributed by atoms with Gasteiger partial charge in [0.2, 0.25) is 0 Å². The summed E-state index contributed by atoms with van der Waals surface area (Å²) >= 11 is 5.89. The molecule has 1 N–H and O–H groups in total. The first-order valence-corrected chi connectivity index (χ1v) is 6.41. The number of nitrogens with zero attached hydrogens (tertiary/aromatic N) is 1. The standard InChI is InChI=1S/C13H17ClN2O2/c1-10-9-18-6-5-16(10)13(17)15-8-11-3-2-4-12(14)7-11/h2-4,7,10H,5-6,8-9H2,1H3,(H,15,17). The predicted octanol–water partition coefficient (Wildman–Crippen LogP) is 2.27. The van der Waals surface area contributed by atoms with E-state index in [1.54, 1.807) is 4.90 Å². The van der Waals surface area contributed by atoms with Crippen molar-refractivity contribution >= 4 is 17.6 Å². The second kappa shape index (κ2) is 6.07.